The average molecular weight is 573 g/mol. The standard InChI is InChI=1S/C12H8F2NO.C10H12N2.Ir/c1-16-9-4-5-15-12(7-9)10-3-2-8(13)6-11(10)14;1-11-7-8-12(9-11)10-5-3-2-4-6-10;/h2,4-7H,1H3;2-5,9H,7-8H2,1H3;/q-1;-2;+3. The van der Waals surface area contributed by atoms with Gasteiger partial charge < -0.3 is 19.5 Å². The van der Waals surface area contributed by atoms with Crippen LogP contribution in [0.4, 0.5) is 14.5 Å². The monoisotopic (exact) mass is 573 g/mol. The quantitative estimate of drug-likeness (QED) is 0.441. The van der Waals surface area contributed by atoms with Gasteiger partial charge >= 0.3 is 20.1 Å². The number of ether oxygens (including phenoxy) is 1. The van der Waals surface area contributed by atoms with Crippen molar-refractivity contribution in [2.75, 3.05) is 32.1 Å². The molecule has 29 heavy (non-hydrogen) atoms. The zero-order valence-electron chi connectivity index (χ0n) is 16.0. The number of halogens is 2. The summed E-state index contributed by atoms with van der Waals surface area (Å²) in [6.07, 6.45) is 1.49. The molecule has 4 nitrogen and oxygen atoms in total. The van der Waals surface area contributed by atoms with Gasteiger partial charge in [-0.05, 0) is 38.0 Å². The zero-order chi connectivity index (χ0) is 19.9. The van der Waals surface area contributed by atoms with Crippen LogP contribution in [0.1, 0.15) is 0 Å². The molecule has 152 valence electrons. The number of benzene rings is 2. The van der Waals surface area contributed by atoms with Crippen LogP contribution < -0.4 is 9.64 Å². The normalized spacial score (nSPS) is 13.3. The molecule has 4 rings (SSSR count). The average Bonchev–Trinajstić information content (AvgIpc) is 3.16. The summed E-state index contributed by atoms with van der Waals surface area (Å²) in [5.74, 6) is -0.799. The van der Waals surface area contributed by atoms with E-state index in [1.165, 1.54) is 13.3 Å². The number of nitrogens with zero attached hydrogens (tertiary/aromatic N) is 3. The van der Waals surface area contributed by atoms with Crippen LogP contribution in [-0.2, 0) is 20.1 Å². The number of rotatable bonds is 3. The summed E-state index contributed by atoms with van der Waals surface area (Å²) < 4.78 is 31.1. The van der Waals surface area contributed by atoms with Crippen molar-refractivity contribution in [1.82, 2.24) is 9.88 Å². The molecule has 1 saturated heterocycles. The minimum Gasteiger partial charge on any atom is -0.528 e. The van der Waals surface area contributed by atoms with Crippen LogP contribution in [0.25, 0.3) is 11.3 Å². The fraction of sp³-hybridized carbons (Fsp3) is 0.182. The fourth-order valence-electron chi connectivity index (χ4n) is 2.68. The minimum absolute atomic E-state index is 0. The van der Waals surface area contributed by atoms with E-state index in [1.54, 1.807) is 12.1 Å². The van der Waals surface area contributed by atoms with Gasteiger partial charge in [-0.2, -0.15) is 37.0 Å². The van der Waals surface area contributed by atoms with E-state index in [1.807, 2.05) is 18.2 Å². The van der Waals surface area contributed by atoms with Crippen molar-refractivity contribution in [2.45, 2.75) is 0 Å². The molecule has 3 aromatic rings. The Morgan fingerprint density at radius 1 is 1.14 bits per heavy atom. The molecule has 1 aliphatic rings. The molecular formula is C22H20F2IrN3O. The Morgan fingerprint density at radius 2 is 1.97 bits per heavy atom. The van der Waals surface area contributed by atoms with Gasteiger partial charge in [-0.25, -0.2) is 0 Å². The summed E-state index contributed by atoms with van der Waals surface area (Å²) in [6.45, 7) is 4.28. The SMILES string of the molecule is CN1[CH-]N(c2[c-]cccc2)CC1.COc1ccnc(-c2[c-]cc(F)cc2F)c1.[Ir+3]. The van der Waals surface area contributed by atoms with Crippen molar-refractivity contribution in [2.24, 2.45) is 0 Å². The van der Waals surface area contributed by atoms with E-state index in [2.05, 4.69) is 46.7 Å². The molecule has 0 spiro atoms. The third kappa shape index (κ3) is 6.32. The summed E-state index contributed by atoms with van der Waals surface area (Å²) in [6, 6.07) is 18.8. The first-order valence-corrected chi connectivity index (χ1v) is 8.72. The predicted octanol–water partition coefficient (Wildman–Crippen LogP) is 4.19. The Kier molecular flexibility index (Phi) is 8.70. The maximum atomic E-state index is 13.4. The van der Waals surface area contributed by atoms with Gasteiger partial charge in [0.25, 0.3) is 0 Å². The summed E-state index contributed by atoms with van der Waals surface area (Å²) >= 11 is 0. The topological polar surface area (TPSA) is 28.6 Å². The first-order chi connectivity index (χ1) is 13.6. The van der Waals surface area contributed by atoms with E-state index in [0.717, 1.165) is 30.9 Å². The van der Waals surface area contributed by atoms with Crippen LogP contribution in [-0.4, -0.2) is 37.1 Å². The number of aromatic nitrogens is 1. The van der Waals surface area contributed by atoms with Crippen LogP contribution in [0.15, 0.2) is 54.7 Å². The van der Waals surface area contributed by atoms with Crippen LogP contribution >= 0.6 is 0 Å². The van der Waals surface area contributed by atoms with E-state index in [9.17, 15) is 8.78 Å². The molecule has 1 aromatic heterocycles. The molecule has 0 aliphatic carbocycles. The van der Waals surface area contributed by atoms with E-state index < -0.39 is 11.6 Å². The summed E-state index contributed by atoms with van der Waals surface area (Å²) in [5, 5.41) is 0. The molecule has 0 saturated carbocycles. The summed E-state index contributed by atoms with van der Waals surface area (Å²) in [5.41, 5.74) is 1.64. The van der Waals surface area contributed by atoms with Gasteiger partial charge in [-0.15, -0.1) is 17.8 Å². The van der Waals surface area contributed by atoms with Gasteiger partial charge in [-0.1, -0.05) is 11.6 Å². The van der Waals surface area contributed by atoms with E-state index in [4.69, 9.17) is 4.74 Å². The molecule has 0 atom stereocenters. The third-order valence-corrected chi connectivity index (χ3v) is 4.11. The minimum atomic E-state index is -0.694. The van der Waals surface area contributed by atoms with Crippen molar-refractivity contribution in [3.05, 3.63) is 85.2 Å². The Labute approximate surface area is 183 Å². The Balaban J connectivity index is 0.000000207. The number of pyridine rings is 1. The maximum absolute atomic E-state index is 13.4. The molecule has 1 aliphatic heterocycles. The van der Waals surface area contributed by atoms with Gasteiger partial charge in [0.1, 0.15) is 5.75 Å². The van der Waals surface area contributed by atoms with E-state index in [0.29, 0.717) is 11.4 Å². The summed E-state index contributed by atoms with van der Waals surface area (Å²) in [7, 11) is 3.59. The second kappa shape index (κ2) is 11.0. The smallest absolute Gasteiger partial charge is 0.528 e. The molecule has 0 bridgehead atoms. The molecule has 7 heteroatoms. The number of hydrogen-bond donors (Lipinski definition) is 0. The molecule has 0 radical (unpaired) electrons. The molecule has 1 fully saturated rings. The first-order valence-electron chi connectivity index (χ1n) is 8.72. The van der Waals surface area contributed by atoms with Crippen molar-refractivity contribution < 1.29 is 33.6 Å². The third-order valence-electron chi connectivity index (χ3n) is 4.11. The van der Waals surface area contributed by atoms with Gasteiger partial charge in [0.05, 0.1) is 7.11 Å². The van der Waals surface area contributed by atoms with Gasteiger partial charge in [0.15, 0.2) is 0 Å². The largest absolute Gasteiger partial charge is 3.00 e. The van der Waals surface area contributed by atoms with Crippen LogP contribution in [0.5, 0.6) is 5.75 Å². The predicted molar refractivity (Wildman–Crippen MR) is 105 cm³/mol. The Bertz CT molecular complexity index is 912. The first kappa shape index (κ1) is 22.9. The summed E-state index contributed by atoms with van der Waals surface area (Å²) in [4.78, 5) is 8.36. The zero-order valence-corrected chi connectivity index (χ0v) is 18.4. The van der Waals surface area contributed by atoms with E-state index >= 15 is 0 Å². The van der Waals surface area contributed by atoms with Crippen molar-refractivity contribution >= 4 is 5.69 Å². The van der Waals surface area contributed by atoms with Crippen LogP contribution in [0.2, 0.25) is 0 Å². The van der Waals surface area contributed by atoms with Crippen molar-refractivity contribution in [1.29, 1.82) is 0 Å². The molecule has 0 N–H and O–H groups in total. The number of para-hydroxylation sites is 1. The maximum Gasteiger partial charge on any atom is 3.00 e. The number of likely N-dealkylation sites (N-methyl/N-ethyl adjacent to an activating group) is 1. The van der Waals surface area contributed by atoms with Crippen molar-refractivity contribution in [3.63, 3.8) is 0 Å². The molecule has 0 unspecified atom stereocenters. The van der Waals surface area contributed by atoms with Crippen LogP contribution in [0.3, 0.4) is 0 Å². The van der Waals surface area contributed by atoms with E-state index in [-0.39, 0.29) is 25.7 Å². The Morgan fingerprint density at radius 3 is 2.59 bits per heavy atom. The number of anilines is 1. The molecule has 0 amide bonds. The molecule has 2 heterocycles. The Hall–Kier alpha value is -2.34. The number of hydrogen-bond acceptors (Lipinski definition) is 4. The number of methoxy groups -OCH3 is 1. The van der Waals surface area contributed by atoms with Gasteiger partial charge in [0.2, 0.25) is 0 Å². The second-order valence-corrected chi connectivity index (χ2v) is 6.16. The fourth-order valence-corrected chi connectivity index (χ4v) is 2.68. The molecular weight excluding hydrogens is 552 g/mol. The van der Waals surface area contributed by atoms with Crippen LogP contribution in [0, 0.1) is 30.4 Å². The van der Waals surface area contributed by atoms with Crippen molar-refractivity contribution in [3.8, 4) is 17.0 Å². The molecule has 2 aromatic carbocycles. The second-order valence-electron chi connectivity index (χ2n) is 6.16. The van der Waals surface area contributed by atoms with Gasteiger partial charge in [-0.3, -0.25) is 8.78 Å². The van der Waals surface area contributed by atoms with Gasteiger partial charge in [0, 0.05) is 17.8 Å².